The summed E-state index contributed by atoms with van der Waals surface area (Å²) in [6.45, 7) is -6.91. The fourth-order valence-corrected chi connectivity index (χ4v) is 2.35. The van der Waals surface area contributed by atoms with E-state index in [1.54, 1.807) is 0 Å². The van der Waals surface area contributed by atoms with E-state index < -0.39 is 56.6 Å². The second kappa shape index (κ2) is 7.04. The summed E-state index contributed by atoms with van der Waals surface area (Å²) >= 11 is 0. The van der Waals surface area contributed by atoms with Gasteiger partial charge in [0.15, 0.2) is 0 Å². The number of cyclic esters (lactones) is 1. The van der Waals surface area contributed by atoms with Gasteiger partial charge in [-0.05, 0) is 18.2 Å². The molecule has 0 radical (unpaired) electrons. The molecular formula is C16H20FN3O4. The van der Waals surface area contributed by atoms with Crippen LogP contribution in [0.4, 0.5) is 20.6 Å². The van der Waals surface area contributed by atoms with Crippen molar-refractivity contribution in [2.24, 2.45) is 0 Å². The van der Waals surface area contributed by atoms with Gasteiger partial charge in [0.25, 0.3) is 0 Å². The van der Waals surface area contributed by atoms with E-state index in [1.165, 1.54) is 17.0 Å². The molecule has 2 heterocycles. The molecule has 0 aliphatic carbocycles. The van der Waals surface area contributed by atoms with Gasteiger partial charge in [-0.15, -0.1) is 0 Å². The van der Waals surface area contributed by atoms with Crippen molar-refractivity contribution < 1.29 is 31.7 Å². The second-order valence-corrected chi connectivity index (χ2v) is 5.19. The monoisotopic (exact) mass is 343 g/mol. The van der Waals surface area contributed by atoms with Gasteiger partial charge in [0.1, 0.15) is 11.9 Å². The van der Waals surface area contributed by atoms with Crippen LogP contribution in [0.2, 0.25) is 0 Å². The maximum atomic E-state index is 14.8. The number of nitrogens with zero attached hydrogens (tertiary/aromatic N) is 2. The highest BCUT2D eigenvalue weighted by Crippen LogP contribution is 2.28. The summed E-state index contributed by atoms with van der Waals surface area (Å²) < 4.78 is 70.9. The van der Waals surface area contributed by atoms with Gasteiger partial charge in [-0.1, -0.05) is 0 Å². The smallest absolute Gasteiger partial charge is 0.414 e. The van der Waals surface area contributed by atoms with Crippen molar-refractivity contribution in [3.8, 4) is 0 Å². The average molecular weight is 343 g/mol. The number of ether oxygens (including phenoxy) is 2. The predicted molar refractivity (Wildman–Crippen MR) is 85.7 cm³/mol. The Morgan fingerprint density at radius 2 is 2.25 bits per heavy atom. The number of hydrogen-bond acceptors (Lipinski definition) is 5. The lowest BCUT2D eigenvalue weighted by molar-refractivity contribution is -0.119. The largest absolute Gasteiger partial charge is 0.442 e. The lowest BCUT2D eigenvalue weighted by Crippen LogP contribution is -2.36. The SMILES string of the molecule is [2H]C1([2H])CN(c2ccc(N3C[C@H](C([2H])([2H])NC(C)=O)OC3=O)cc2F)CC([2H])([2H])O1. The molecule has 7 nitrogen and oxygen atoms in total. The van der Waals surface area contributed by atoms with Gasteiger partial charge in [0.2, 0.25) is 5.91 Å². The number of benzene rings is 1. The van der Waals surface area contributed by atoms with Gasteiger partial charge in [-0.25, -0.2) is 9.18 Å². The van der Waals surface area contributed by atoms with E-state index in [9.17, 15) is 14.0 Å². The summed E-state index contributed by atoms with van der Waals surface area (Å²) in [6, 6.07) is 3.62. The van der Waals surface area contributed by atoms with Gasteiger partial charge in [-0.3, -0.25) is 9.69 Å². The number of nitrogens with one attached hydrogen (secondary N) is 1. The molecule has 1 atom stereocenters. The highest BCUT2D eigenvalue weighted by molar-refractivity contribution is 5.90. The molecule has 1 aromatic rings. The van der Waals surface area contributed by atoms with Crippen molar-refractivity contribution in [3.05, 3.63) is 24.0 Å². The molecule has 2 amide bonds. The highest BCUT2D eigenvalue weighted by atomic mass is 19.1. The Bertz CT molecular complexity index is 855. The fraction of sp³-hybridized carbons (Fsp3) is 0.500. The first-order valence-corrected chi connectivity index (χ1v) is 7.21. The number of hydrogen-bond donors (Lipinski definition) is 1. The lowest BCUT2D eigenvalue weighted by atomic mass is 10.2. The molecular weight excluding hydrogens is 317 g/mol. The van der Waals surface area contributed by atoms with Crippen LogP contribution in [-0.4, -0.2) is 57.4 Å². The van der Waals surface area contributed by atoms with Crippen LogP contribution in [0.25, 0.3) is 0 Å². The van der Waals surface area contributed by atoms with Gasteiger partial charge in [0, 0.05) is 20.0 Å². The average Bonchev–Trinajstić information content (AvgIpc) is 2.93. The quantitative estimate of drug-likeness (QED) is 0.887. The van der Waals surface area contributed by atoms with Crippen LogP contribution in [0, 0.1) is 5.82 Å². The van der Waals surface area contributed by atoms with Crippen molar-refractivity contribution in [2.45, 2.75) is 13.0 Å². The molecule has 8 heteroatoms. The summed E-state index contributed by atoms with van der Waals surface area (Å²) in [5.74, 6) is -1.47. The normalized spacial score (nSPS) is 29.4. The molecule has 3 rings (SSSR count). The standard InChI is InChI=1S/C16H20FN3O4/c1-11(21)18-9-13-10-20(16(22)24-13)12-2-3-15(14(17)8-12)19-4-6-23-7-5-19/h2-3,8,13H,4-7,9-10H2,1H3,(H,18,21)/t13-/m0/s1/i6D2,7D2,9D2. The number of amides is 2. The molecule has 24 heavy (non-hydrogen) atoms. The number of carbonyl (C=O) groups is 2. The lowest BCUT2D eigenvalue weighted by Gasteiger charge is -2.29. The van der Waals surface area contributed by atoms with Crippen LogP contribution < -0.4 is 15.1 Å². The molecule has 0 spiro atoms. The Morgan fingerprint density at radius 1 is 1.50 bits per heavy atom. The third-order valence-electron chi connectivity index (χ3n) is 3.46. The molecule has 0 aromatic heterocycles. The Hall–Kier alpha value is -2.35. The minimum atomic E-state index is -2.33. The third kappa shape index (κ3) is 3.59. The number of rotatable bonds is 4. The first-order chi connectivity index (χ1) is 13.7. The minimum Gasteiger partial charge on any atom is -0.442 e. The maximum absolute atomic E-state index is 14.8. The van der Waals surface area contributed by atoms with Crippen molar-refractivity contribution in [1.82, 2.24) is 5.32 Å². The molecule has 2 aliphatic heterocycles. The van der Waals surface area contributed by atoms with Crippen LogP contribution >= 0.6 is 0 Å². The molecule has 1 N–H and O–H groups in total. The van der Waals surface area contributed by atoms with Crippen LogP contribution in [0.5, 0.6) is 0 Å². The van der Waals surface area contributed by atoms with Crippen molar-refractivity contribution >= 4 is 23.4 Å². The van der Waals surface area contributed by atoms with E-state index in [4.69, 9.17) is 17.7 Å². The minimum absolute atomic E-state index is 0.0710. The summed E-state index contributed by atoms with van der Waals surface area (Å²) in [7, 11) is 0. The maximum Gasteiger partial charge on any atom is 0.414 e. The number of morpholine rings is 1. The van der Waals surface area contributed by atoms with Crippen LogP contribution in [0.15, 0.2) is 18.2 Å². The molecule has 0 unspecified atom stereocenters. The summed E-state index contributed by atoms with van der Waals surface area (Å²) in [5, 5.41) is 2.06. The van der Waals surface area contributed by atoms with E-state index >= 15 is 0 Å². The second-order valence-electron chi connectivity index (χ2n) is 5.19. The van der Waals surface area contributed by atoms with Crippen molar-refractivity contribution in [3.63, 3.8) is 0 Å². The highest BCUT2D eigenvalue weighted by Gasteiger charge is 2.32. The molecule has 0 saturated carbocycles. The van der Waals surface area contributed by atoms with E-state index in [0.29, 0.717) is 0 Å². The Balaban J connectivity index is 1.80. The third-order valence-corrected chi connectivity index (χ3v) is 3.46. The number of halogens is 1. The van der Waals surface area contributed by atoms with Crippen molar-refractivity contribution in [1.29, 1.82) is 0 Å². The Kier molecular flexibility index (Phi) is 3.08. The number of anilines is 2. The van der Waals surface area contributed by atoms with Crippen LogP contribution in [0.3, 0.4) is 0 Å². The number of carbonyl (C=O) groups excluding carboxylic acids is 2. The van der Waals surface area contributed by atoms with Crippen molar-refractivity contribution in [2.75, 3.05) is 49.0 Å². The van der Waals surface area contributed by atoms with E-state index in [2.05, 4.69) is 5.32 Å². The zero-order valence-electron chi connectivity index (χ0n) is 18.8. The van der Waals surface area contributed by atoms with E-state index in [1.807, 2.05) is 0 Å². The van der Waals surface area contributed by atoms with Crippen LogP contribution in [0.1, 0.15) is 15.1 Å². The molecule has 1 aromatic carbocycles. The molecule has 2 aliphatic rings. The van der Waals surface area contributed by atoms with E-state index in [-0.39, 0.29) is 17.9 Å². The predicted octanol–water partition coefficient (Wildman–Crippen LogP) is 1.12. The zero-order valence-corrected chi connectivity index (χ0v) is 12.8. The first kappa shape index (κ1) is 10.5. The van der Waals surface area contributed by atoms with Gasteiger partial charge in [0.05, 0.1) is 45.8 Å². The summed E-state index contributed by atoms with van der Waals surface area (Å²) in [6.07, 6.45) is -2.23. The fourth-order valence-electron chi connectivity index (χ4n) is 2.35. The van der Waals surface area contributed by atoms with Crippen LogP contribution in [-0.2, 0) is 14.3 Å². The molecule has 2 saturated heterocycles. The Labute approximate surface area is 147 Å². The summed E-state index contributed by atoms with van der Waals surface area (Å²) in [5.41, 5.74) is -0.00542. The zero-order chi connectivity index (χ0) is 22.5. The molecule has 2 fully saturated rings. The van der Waals surface area contributed by atoms with Gasteiger partial charge in [-0.2, -0.15) is 0 Å². The van der Waals surface area contributed by atoms with E-state index in [0.717, 1.165) is 17.9 Å². The molecule has 0 bridgehead atoms. The first-order valence-electron chi connectivity index (χ1n) is 10.2. The Morgan fingerprint density at radius 3 is 2.92 bits per heavy atom. The van der Waals surface area contributed by atoms with Gasteiger partial charge < -0.3 is 19.7 Å². The topological polar surface area (TPSA) is 71.1 Å². The van der Waals surface area contributed by atoms with Gasteiger partial charge >= 0.3 is 6.09 Å². The molecule has 130 valence electrons. The summed E-state index contributed by atoms with van der Waals surface area (Å²) in [4.78, 5) is 25.5.